The van der Waals surface area contributed by atoms with Crippen LogP contribution in [0.5, 0.6) is 11.6 Å². The van der Waals surface area contributed by atoms with Crippen LogP contribution in [-0.4, -0.2) is 30.0 Å². The molecule has 0 atom stereocenters. The van der Waals surface area contributed by atoms with Crippen molar-refractivity contribution in [3.63, 3.8) is 0 Å². The number of esters is 1. The number of ether oxygens (including phenoxy) is 2. The Morgan fingerprint density at radius 2 is 1.96 bits per heavy atom. The van der Waals surface area contributed by atoms with E-state index in [2.05, 4.69) is 26.2 Å². The van der Waals surface area contributed by atoms with Crippen molar-refractivity contribution >= 4 is 27.8 Å². The third-order valence-corrected chi connectivity index (χ3v) is 3.72. The Bertz CT molecular complexity index is 719. The first-order valence-corrected chi connectivity index (χ1v) is 8.71. The molecule has 25 heavy (non-hydrogen) atoms. The van der Waals surface area contributed by atoms with E-state index >= 15 is 0 Å². The SMILES string of the molecule is CCOC(=O)CCCNC(=O)c1cccnc1Oc1ccc(Br)cc1. The Kier molecular flexibility index (Phi) is 7.40. The topological polar surface area (TPSA) is 77.5 Å². The van der Waals surface area contributed by atoms with Gasteiger partial charge in [-0.3, -0.25) is 9.59 Å². The van der Waals surface area contributed by atoms with E-state index < -0.39 is 0 Å². The van der Waals surface area contributed by atoms with Crippen LogP contribution in [0.15, 0.2) is 47.1 Å². The van der Waals surface area contributed by atoms with Gasteiger partial charge in [-0.25, -0.2) is 4.98 Å². The van der Waals surface area contributed by atoms with Gasteiger partial charge in [0.15, 0.2) is 0 Å². The van der Waals surface area contributed by atoms with Crippen LogP contribution in [0.2, 0.25) is 0 Å². The number of nitrogens with one attached hydrogen (secondary N) is 1. The Morgan fingerprint density at radius 1 is 1.20 bits per heavy atom. The highest BCUT2D eigenvalue weighted by molar-refractivity contribution is 9.10. The Hall–Kier alpha value is -2.41. The van der Waals surface area contributed by atoms with Crippen LogP contribution in [0.4, 0.5) is 0 Å². The molecule has 7 heteroatoms. The molecule has 0 saturated carbocycles. The molecular formula is C18H19BrN2O4. The number of hydrogen-bond acceptors (Lipinski definition) is 5. The summed E-state index contributed by atoms with van der Waals surface area (Å²) in [6.07, 6.45) is 2.34. The Morgan fingerprint density at radius 3 is 2.68 bits per heavy atom. The predicted molar refractivity (Wildman–Crippen MR) is 96.7 cm³/mol. The van der Waals surface area contributed by atoms with Gasteiger partial charge >= 0.3 is 5.97 Å². The van der Waals surface area contributed by atoms with Gasteiger partial charge in [0.2, 0.25) is 5.88 Å². The summed E-state index contributed by atoms with van der Waals surface area (Å²) in [5.41, 5.74) is 0.335. The lowest BCUT2D eigenvalue weighted by atomic mass is 10.2. The maximum absolute atomic E-state index is 12.3. The fourth-order valence-electron chi connectivity index (χ4n) is 2.02. The van der Waals surface area contributed by atoms with E-state index in [0.717, 1.165) is 4.47 Å². The molecule has 0 saturated heterocycles. The molecule has 0 unspecified atom stereocenters. The first-order chi connectivity index (χ1) is 12.1. The zero-order valence-electron chi connectivity index (χ0n) is 13.8. The highest BCUT2D eigenvalue weighted by Crippen LogP contribution is 2.24. The summed E-state index contributed by atoms with van der Waals surface area (Å²) in [5, 5.41) is 2.76. The van der Waals surface area contributed by atoms with Gasteiger partial charge in [-0.1, -0.05) is 15.9 Å². The molecule has 1 amide bonds. The molecule has 0 aliphatic heterocycles. The third kappa shape index (κ3) is 6.19. The lowest BCUT2D eigenvalue weighted by molar-refractivity contribution is -0.143. The van der Waals surface area contributed by atoms with E-state index in [1.165, 1.54) is 0 Å². The number of benzene rings is 1. The fourth-order valence-corrected chi connectivity index (χ4v) is 2.29. The normalized spacial score (nSPS) is 10.2. The van der Waals surface area contributed by atoms with Crippen LogP contribution in [0.1, 0.15) is 30.1 Å². The minimum absolute atomic E-state index is 0.229. The van der Waals surface area contributed by atoms with E-state index in [4.69, 9.17) is 9.47 Å². The summed E-state index contributed by atoms with van der Waals surface area (Å²) in [6, 6.07) is 10.5. The molecule has 6 nitrogen and oxygen atoms in total. The van der Waals surface area contributed by atoms with Crippen LogP contribution >= 0.6 is 15.9 Å². The maximum Gasteiger partial charge on any atom is 0.305 e. The summed E-state index contributed by atoms with van der Waals surface area (Å²) >= 11 is 3.36. The quantitative estimate of drug-likeness (QED) is 0.533. The van der Waals surface area contributed by atoms with Crippen molar-refractivity contribution < 1.29 is 19.1 Å². The molecule has 1 heterocycles. The van der Waals surface area contributed by atoms with Crippen molar-refractivity contribution in [2.75, 3.05) is 13.2 Å². The summed E-state index contributed by atoms with van der Waals surface area (Å²) < 4.78 is 11.5. The summed E-state index contributed by atoms with van der Waals surface area (Å²) in [6.45, 7) is 2.48. The van der Waals surface area contributed by atoms with E-state index in [-0.39, 0.29) is 24.2 Å². The molecule has 0 fully saturated rings. The standard InChI is InChI=1S/C18H19BrN2O4/c1-2-24-16(22)6-4-11-20-17(23)15-5-3-12-21-18(15)25-14-9-7-13(19)8-10-14/h3,5,7-10,12H,2,4,6,11H2,1H3,(H,20,23). The largest absolute Gasteiger partial charge is 0.466 e. The second-order valence-electron chi connectivity index (χ2n) is 5.08. The number of carbonyl (C=O) groups is 2. The monoisotopic (exact) mass is 406 g/mol. The van der Waals surface area contributed by atoms with E-state index in [9.17, 15) is 9.59 Å². The molecule has 1 aromatic carbocycles. The van der Waals surface area contributed by atoms with E-state index in [0.29, 0.717) is 30.9 Å². The summed E-state index contributed by atoms with van der Waals surface area (Å²) in [7, 11) is 0. The van der Waals surface area contributed by atoms with Gasteiger partial charge < -0.3 is 14.8 Å². The molecule has 0 aliphatic carbocycles. The lowest BCUT2D eigenvalue weighted by Crippen LogP contribution is -2.25. The minimum atomic E-state index is -0.302. The van der Waals surface area contributed by atoms with Crippen molar-refractivity contribution in [2.45, 2.75) is 19.8 Å². The first kappa shape index (κ1) is 18.9. The molecule has 0 bridgehead atoms. The first-order valence-electron chi connectivity index (χ1n) is 7.92. The Balaban J connectivity index is 1.93. The van der Waals surface area contributed by atoms with Gasteiger partial charge in [0.1, 0.15) is 11.3 Å². The van der Waals surface area contributed by atoms with Gasteiger partial charge in [0.05, 0.1) is 6.61 Å². The molecule has 1 N–H and O–H groups in total. The van der Waals surface area contributed by atoms with Gasteiger partial charge in [-0.15, -0.1) is 0 Å². The van der Waals surface area contributed by atoms with E-state index in [1.54, 1.807) is 37.4 Å². The van der Waals surface area contributed by atoms with Crippen LogP contribution in [-0.2, 0) is 9.53 Å². The number of hydrogen-bond donors (Lipinski definition) is 1. The number of pyridine rings is 1. The number of carbonyl (C=O) groups excluding carboxylic acids is 2. The molecule has 132 valence electrons. The van der Waals surface area contributed by atoms with Crippen LogP contribution in [0.25, 0.3) is 0 Å². The maximum atomic E-state index is 12.3. The predicted octanol–water partition coefficient (Wildman–Crippen LogP) is 3.71. The highest BCUT2D eigenvalue weighted by Gasteiger charge is 2.14. The number of amides is 1. The molecule has 0 aliphatic rings. The number of halogens is 1. The molecule has 2 rings (SSSR count). The molecule has 2 aromatic rings. The van der Waals surface area contributed by atoms with Crippen molar-refractivity contribution in [1.82, 2.24) is 10.3 Å². The highest BCUT2D eigenvalue weighted by atomic mass is 79.9. The second-order valence-corrected chi connectivity index (χ2v) is 5.99. The smallest absolute Gasteiger partial charge is 0.305 e. The van der Waals surface area contributed by atoms with E-state index in [1.807, 2.05) is 12.1 Å². The van der Waals surface area contributed by atoms with Crippen molar-refractivity contribution in [3.05, 3.63) is 52.6 Å². The average molecular weight is 407 g/mol. The van der Waals surface area contributed by atoms with Gasteiger partial charge in [-0.2, -0.15) is 0 Å². The summed E-state index contributed by atoms with van der Waals surface area (Å²) in [5.74, 6) is 0.243. The fraction of sp³-hybridized carbons (Fsp3) is 0.278. The molecular weight excluding hydrogens is 388 g/mol. The van der Waals surface area contributed by atoms with Crippen molar-refractivity contribution in [2.24, 2.45) is 0 Å². The number of rotatable bonds is 8. The third-order valence-electron chi connectivity index (χ3n) is 3.19. The zero-order valence-corrected chi connectivity index (χ0v) is 15.4. The zero-order chi connectivity index (χ0) is 18.1. The number of aromatic nitrogens is 1. The lowest BCUT2D eigenvalue weighted by Gasteiger charge is -2.10. The molecule has 0 radical (unpaired) electrons. The van der Waals surface area contributed by atoms with Crippen molar-refractivity contribution in [3.8, 4) is 11.6 Å². The second kappa shape index (κ2) is 9.78. The van der Waals surface area contributed by atoms with Crippen LogP contribution < -0.4 is 10.1 Å². The van der Waals surface area contributed by atoms with Crippen LogP contribution in [0.3, 0.4) is 0 Å². The van der Waals surface area contributed by atoms with Crippen molar-refractivity contribution in [1.29, 1.82) is 0 Å². The number of nitrogens with zero attached hydrogens (tertiary/aromatic N) is 1. The summed E-state index contributed by atoms with van der Waals surface area (Å²) in [4.78, 5) is 27.7. The van der Waals surface area contributed by atoms with Gasteiger partial charge in [0, 0.05) is 23.6 Å². The molecule has 1 aromatic heterocycles. The Labute approximate surface area is 154 Å². The average Bonchev–Trinajstić information content (AvgIpc) is 2.61. The molecule has 0 spiro atoms. The minimum Gasteiger partial charge on any atom is -0.466 e. The van der Waals surface area contributed by atoms with Gasteiger partial charge in [0.25, 0.3) is 5.91 Å². The van der Waals surface area contributed by atoms with Crippen LogP contribution in [0, 0.1) is 0 Å². The van der Waals surface area contributed by atoms with Gasteiger partial charge in [-0.05, 0) is 49.7 Å².